The van der Waals surface area contributed by atoms with E-state index in [0.717, 1.165) is 57.1 Å². The smallest absolute Gasteiger partial charge is 0.387 e. The first-order valence-corrected chi connectivity index (χ1v) is 17.2. The molecule has 0 saturated heterocycles. The van der Waals surface area contributed by atoms with E-state index in [0.29, 0.717) is 6.42 Å². The first-order chi connectivity index (χ1) is 21.8. The number of hydrogen-bond donors (Lipinski definition) is 0. The Morgan fingerprint density at radius 2 is 0.915 bits per heavy atom. The van der Waals surface area contributed by atoms with Crippen LogP contribution in [0.5, 0.6) is 0 Å². The molecule has 14 nitrogen and oxygen atoms in total. The van der Waals surface area contributed by atoms with Gasteiger partial charge in [-0.05, 0) is 76.0 Å². The maximum Gasteiger partial charge on any atom is 0.387 e. The second kappa shape index (κ2) is 13.6. The van der Waals surface area contributed by atoms with E-state index in [1.54, 1.807) is 24.3 Å². The summed E-state index contributed by atoms with van der Waals surface area (Å²) in [5, 5.41) is 9.47. The highest BCUT2D eigenvalue weighted by Crippen LogP contribution is 2.10. The van der Waals surface area contributed by atoms with Gasteiger partial charge in [0.1, 0.15) is 49.4 Å². The van der Waals surface area contributed by atoms with E-state index in [1.807, 2.05) is 85.9 Å². The molecule has 16 heteroatoms. The summed E-state index contributed by atoms with van der Waals surface area (Å²) in [5.74, 6) is 3.50. The Morgan fingerprint density at radius 3 is 1.21 bits per heavy atom. The number of nitrogens with zero attached hydrogens (tertiary/aromatic N) is 8. The molecule has 0 amide bonds. The van der Waals surface area contributed by atoms with Gasteiger partial charge in [-0.2, -0.15) is 0 Å². The van der Waals surface area contributed by atoms with Gasteiger partial charge < -0.3 is 9.11 Å². The molecule has 4 heterocycles. The number of hydrogen-bond acceptors (Lipinski definition) is 10. The molecule has 6 aromatic rings. The first kappa shape index (κ1) is 35.2. The van der Waals surface area contributed by atoms with Gasteiger partial charge in [0.05, 0.1) is 23.9 Å². The van der Waals surface area contributed by atoms with Crippen molar-refractivity contribution in [1.29, 1.82) is 0 Å². The molecule has 0 unspecified atom stereocenters. The molecule has 248 valence electrons. The summed E-state index contributed by atoms with van der Waals surface area (Å²) in [4.78, 5) is 8.86. The maximum absolute atomic E-state index is 10.4. The molecule has 4 aromatic heterocycles. The molecular formula is C31H36N8O6S2. The Labute approximate surface area is 273 Å². The molecular weight excluding hydrogens is 645 g/mol. The van der Waals surface area contributed by atoms with E-state index < -0.39 is 20.2 Å². The summed E-state index contributed by atoms with van der Waals surface area (Å²) >= 11 is 0. The summed E-state index contributed by atoms with van der Waals surface area (Å²) in [5.41, 5.74) is 5.96. The number of aromatic nitrogens is 8. The summed E-state index contributed by atoms with van der Waals surface area (Å²) in [6, 6.07) is 15.6. The van der Waals surface area contributed by atoms with E-state index in [-0.39, 0.29) is 9.79 Å². The molecule has 0 saturated carbocycles. The highest BCUT2D eigenvalue weighted by atomic mass is 32.2. The van der Waals surface area contributed by atoms with Crippen LogP contribution in [0.25, 0.3) is 11.6 Å². The zero-order valence-corrected chi connectivity index (χ0v) is 29.0. The third kappa shape index (κ3) is 8.40. The van der Waals surface area contributed by atoms with Crippen LogP contribution in [-0.2, 0) is 40.8 Å². The summed E-state index contributed by atoms with van der Waals surface area (Å²) in [6.45, 7) is 11.7. The van der Waals surface area contributed by atoms with Crippen LogP contribution in [-0.4, -0.2) is 55.1 Å². The zero-order chi connectivity index (χ0) is 34.8. The third-order valence-corrected chi connectivity index (χ3v) is 8.88. The molecule has 0 spiro atoms. The topological polar surface area (TPSA) is 183 Å². The van der Waals surface area contributed by atoms with Crippen LogP contribution < -0.4 is 9.13 Å². The van der Waals surface area contributed by atoms with Gasteiger partial charge in [0, 0.05) is 12.1 Å². The van der Waals surface area contributed by atoms with Crippen LogP contribution >= 0.6 is 0 Å². The number of fused-ring (bicyclic) bond motifs is 2. The van der Waals surface area contributed by atoms with Crippen molar-refractivity contribution in [3.8, 4) is 0 Å². The minimum atomic E-state index is -4.27. The van der Waals surface area contributed by atoms with Gasteiger partial charge in [-0.1, -0.05) is 44.4 Å². The molecule has 47 heavy (non-hydrogen) atoms. The van der Waals surface area contributed by atoms with Gasteiger partial charge >= 0.3 is 11.6 Å². The largest absolute Gasteiger partial charge is 0.744 e. The Hall–Kier alpha value is -4.64. The third-order valence-electron chi connectivity index (χ3n) is 7.18. The van der Waals surface area contributed by atoms with Crippen molar-refractivity contribution in [1.82, 2.24) is 29.2 Å². The molecule has 0 atom stereocenters. The molecule has 0 aliphatic heterocycles. The minimum absolute atomic E-state index is 0.178. The van der Waals surface area contributed by atoms with Crippen LogP contribution in [0.1, 0.15) is 45.6 Å². The van der Waals surface area contributed by atoms with Crippen molar-refractivity contribution in [2.24, 2.45) is 14.1 Å². The van der Waals surface area contributed by atoms with Crippen molar-refractivity contribution in [2.45, 2.75) is 57.8 Å². The van der Waals surface area contributed by atoms with Crippen LogP contribution in [0.15, 0.2) is 70.5 Å². The Balaban J connectivity index is 0.000000188. The molecule has 6 rings (SSSR count). The average Bonchev–Trinajstić information content (AvgIpc) is 3.45. The van der Waals surface area contributed by atoms with Gasteiger partial charge in [-0.3, -0.25) is 0 Å². The fourth-order valence-electron chi connectivity index (χ4n) is 4.65. The molecule has 0 N–H and O–H groups in total. The number of aryl methyl sites for hydroxylation is 8. The van der Waals surface area contributed by atoms with Gasteiger partial charge in [0.2, 0.25) is 0 Å². The second-order valence-corrected chi connectivity index (χ2v) is 13.9. The highest BCUT2D eigenvalue weighted by Gasteiger charge is 2.26. The van der Waals surface area contributed by atoms with E-state index in [1.165, 1.54) is 24.3 Å². The van der Waals surface area contributed by atoms with E-state index in [9.17, 15) is 25.9 Å². The lowest BCUT2D eigenvalue weighted by atomic mass is 10.2. The number of benzene rings is 2. The Bertz CT molecular complexity index is 2130. The molecule has 2 aromatic carbocycles. The predicted octanol–water partition coefficient (Wildman–Crippen LogP) is 2.04. The van der Waals surface area contributed by atoms with Crippen LogP contribution in [0.3, 0.4) is 0 Å². The van der Waals surface area contributed by atoms with E-state index in [4.69, 9.17) is 10.2 Å². The summed E-state index contributed by atoms with van der Waals surface area (Å²) in [7, 11) is -4.55. The van der Waals surface area contributed by atoms with Crippen molar-refractivity contribution in [3.63, 3.8) is 0 Å². The zero-order valence-electron chi connectivity index (χ0n) is 27.3. The average molecular weight is 681 g/mol. The highest BCUT2D eigenvalue weighted by molar-refractivity contribution is 7.86. The normalized spacial score (nSPS) is 11.6. The Morgan fingerprint density at radius 1 is 0.596 bits per heavy atom. The van der Waals surface area contributed by atoms with Gasteiger partial charge in [-0.25, -0.2) is 26.0 Å². The van der Waals surface area contributed by atoms with Gasteiger partial charge in [0.15, 0.2) is 0 Å². The number of rotatable bonds is 4. The molecule has 0 bridgehead atoms. The molecule has 0 fully saturated rings. The second-order valence-electron chi connectivity index (χ2n) is 11.2. The lowest BCUT2D eigenvalue weighted by molar-refractivity contribution is -0.668. The standard InChI is InChI=1S/C17H22N8.2C7H8O3S/c1-10-7-12(3)24-16(18-10)22(5)14(20-24)9-15-21-25-13(4)8-11(2)19-17(25)23(15)6;2*1-6-2-4-7(5-3-6)11(8,9)10/h7-8H,9H2,1-6H3;2*2-5H,1H3,(H,8,9,10)/q+2;;/p-2. The monoisotopic (exact) mass is 680 g/mol. The van der Waals surface area contributed by atoms with Crippen molar-refractivity contribution >= 4 is 31.8 Å². The van der Waals surface area contributed by atoms with Crippen LogP contribution in [0, 0.1) is 41.5 Å². The summed E-state index contributed by atoms with van der Waals surface area (Å²) in [6.07, 6.45) is 0.608. The van der Waals surface area contributed by atoms with Crippen molar-refractivity contribution in [3.05, 3.63) is 106 Å². The predicted molar refractivity (Wildman–Crippen MR) is 168 cm³/mol. The lowest BCUT2D eigenvalue weighted by Gasteiger charge is -2.05. The maximum atomic E-state index is 10.4. The van der Waals surface area contributed by atoms with Gasteiger partial charge in [0.25, 0.3) is 11.6 Å². The first-order valence-electron chi connectivity index (χ1n) is 14.3. The van der Waals surface area contributed by atoms with Gasteiger partial charge in [-0.15, -0.1) is 9.97 Å². The van der Waals surface area contributed by atoms with Crippen LogP contribution in [0.4, 0.5) is 0 Å². The molecule has 0 aliphatic carbocycles. The summed E-state index contributed by atoms with van der Waals surface area (Å²) < 4.78 is 70.1. The quantitative estimate of drug-likeness (QED) is 0.197. The fraction of sp³-hybridized carbons (Fsp3) is 0.290. The van der Waals surface area contributed by atoms with Crippen molar-refractivity contribution in [2.75, 3.05) is 0 Å². The van der Waals surface area contributed by atoms with E-state index in [2.05, 4.69) is 9.97 Å². The SMILES string of the molecule is Cc1cc(C)n2nc(Cc3nn4c(C)cc(C)nc4[n+]3C)[n+](C)c2n1.Cc1ccc(S(=O)(=O)[O-])cc1.Cc1ccc(S(=O)(=O)[O-])cc1. The molecule has 0 aliphatic rings. The van der Waals surface area contributed by atoms with Crippen molar-refractivity contribution < 1.29 is 35.1 Å². The Kier molecular flexibility index (Phi) is 10.2. The van der Waals surface area contributed by atoms with E-state index >= 15 is 0 Å². The molecule has 0 radical (unpaired) electrons. The fourth-order valence-corrected chi connectivity index (χ4v) is 5.59. The van der Waals surface area contributed by atoms with Crippen LogP contribution in [0.2, 0.25) is 0 Å². The minimum Gasteiger partial charge on any atom is -0.744 e. The lowest BCUT2D eigenvalue weighted by Crippen LogP contribution is -2.37.